The molecule has 4 aromatic rings. The number of aromatic amines is 1. The fraction of sp³-hybridized carbons (Fsp3) is 0.107. The lowest BCUT2D eigenvalue weighted by Gasteiger charge is -2.14. The molecular formula is C28H25N3O4. The molecule has 0 bridgehead atoms. The van der Waals surface area contributed by atoms with Gasteiger partial charge in [-0.15, -0.1) is 0 Å². The molecule has 4 rings (SSSR count). The van der Waals surface area contributed by atoms with Crippen molar-refractivity contribution < 1.29 is 19.1 Å². The molecule has 0 aliphatic carbocycles. The number of carbonyl (C=O) groups excluding carboxylic acids is 2. The van der Waals surface area contributed by atoms with E-state index in [4.69, 9.17) is 9.47 Å². The van der Waals surface area contributed by atoms with Gasteiger partial charge in [0.15, 0.2) is 0 Å². The number of benzene rings is 3. The van der Waals surface area contributed by atoms with Crippen molar-refractivity contribution in [1.29, 1.82) is 0 Å². The molecule has 1 heterocycles. The van der Waals surface area contributed by atoms with Gasteiger partial charge in [-0.2, -0.15) is 5.10 Å². The highest BCUT2D eigenvalue weighted by Gasteiger charge is 2.15. The van der Waals surface area contributed by atoms with Crippen LogP contribution >= 0.6 is 0 Å². The molecule has 0 radical (unpaired) electrons. The zero-order chi connectivity index (χ0) is 24.5. The number of hydrogen-bond acceptors (Lipinski definition) is 5. The van der Waals surface area contributed by atoms with Crippen LogP contribution in [0, 0.1) is 0 Å². The van der Waals surface area contributed by atoms with Crippen LogP contribution in [0.1, 0.15) is 11.3 Å². The lowest BCUT2D eigenvalue weighted by molar-refractivity contribution is -0.133. The fourth-order valence-corrected chi connectivity index (χ4v) is 3.61. The third-order valence-electron chi connectivity index (χ3n) is 5.33. The molecule has 1 aromatic heterocycles. The molecule has 3 aromatic carbocycles. The average Bonchev–Trinajstić information content (AvgIpc) is 3.35. The molecule has 35 heavy (non-hydrogen) atoms. The zero-order valence-corrected chi connectivity index (χ0v) is 19.0. The van der Waals surface area contributed by atoms with Crippen LogP contribution in [0.25, 0.3) is 11.3 Å². The Morgan fingerprint density at radius 2 is 1.69 bits per heavy atom. The van der Waals surface area contributed by atoms with Crippen molar-refractivity contribution in [3.8, 4) is 22.8 Å². The topological polar surface area (TPSA) is 93.3 Å². The zero-order valence-electron chi connectivity index (χ0n) is 19.0. The lowest BCUT2D eigenvalue weighted by atomic mass is 10.0. The van der Waals surface area contributed by atoms with Crippen molar-refractivity contribution in [1.82, 2.24) is 10.2 Å². The summed E-state index contributed by atoms with van der Waals surface area (Å²) in [5.41, 5.74) is 4.23. The van der Waals surface area contributed by atoms with Crippen molar-refractivity contribution in [2.24, 2.45) is 0 Å². The predicted octanol–water partition coefficient (Wildman–Crippen LogP) is 5.32. The van der Waals surface area contributed by atoms with Gasteiger partial charge in [0.1, 0.15) is 17.6 Å². The molecule has 7 nitrogen and oxygen atoms in total. The molecule has 0 spiro atoms. The molecule has 1 amide bonds. The summed E-state index contributed by atoms with van der Waals surface area (Å²) >= 11 is 0. The summed E-state index contributed by atoms with van der Waals surface area (Å²) in [6.45, 7) is 3.90. The van der Waals surface area contributed by atoms with E-state index in [0.29, 0.717) is 25.0 Å². The number of aromatic nitrogens is 2. The first-order chi connectivity index (χ1) is 17.1. The van der Waals surface area contributed by atoms with Crippen molar-refractivity contribution in [2.75, 3.05) is 5.32 Å². The fourth-order valence-electron chi connectivity index (χ4n) is 3.61. The minimum absolute atomic E-state index is 0.270. The van der Waals surface area contributed by atoms with Gasteiger partial charge >= 0.3 is 0 Å². The summed E-state index contributed by atoms with van der Waals surface area (Å²) in [6.07, 6.45) is 1.86. The Balaban J connectivity index is 1.38. The summed E-state index contributed by atoms with van der Waals surface area (Å²) in [5.74, 6) is 1.25. The van der Waals surface area contributed by atoms with Crippen LogP contribution < -0.4 is 10.1 Å². The maximum atomic E-state index is 11.4. The van der Waals surface area contributed by atoms with Gasteiger partial charge in [0, 0.05) is 29.8 Å². The largest absolute Gasteiger partial charge is 0.464 e. The monoisotopic (exact) mass is 467 g/mol. The van der Waals surface area contributed by atoms with E-state index in [1.54, 1.807) is 12.1 Å². The van der Waals surface area contributed by atoms with Crippen LogP contribution in [0.4, 0.5) is 5.69 Å². The first kappa shape index (κ1) is 23.5. The molecular weight excluding hydrogens is 442 g/mol. The number of rotatable bonds is 11. The standard InChI is InChI=1S/C28H25N3O4/c1-2-28(33)29-22-12-8-20(9-13-22)16-26(34-19-32)17-23-18-27(31-30-23)21-10-14-25(15-11-21)35-24-6-4-3-5-7-24/h2-15,18-19,26H,1,16-17H2,(H,29,33)(H,30,31). The van der Waals surface area contributed by atoms with E-state index in [1.807, 2.05) is 72.8 Å². The second-order valence-corrected chi connectivity index (χ2v) is 7.87. The van der Waals surface area contributed by atoms with Crippen LogP contribution in [0.15, 0.2) is 97.6 Å². The molecule has 0 saturated heterocycles. The number of para-hydroxylation sites is 1. The van der Waals surface area contributed by atoms with Crippen molar-refractivity contribution >= 4 is 18.1 Å². The molecule has 176 valence electrons. The molecule has 1 atom stereocenters. The Hall–Kier alpha value is -4.65. The number of nitrogens with one attached hydrogen (secondary N) is 2. The predicted molar refractivity (Wildman–Crippen MR) is 134 cm³/mol. The Kier molecular flexibility index (Phi) is 7.70. The quantitative estimate of drug-likeness (QED) is 0.230. The first-order valence-corrected chi connectivity index (χ1v) is 11.1. The van der Waals surface area contributed by atoms with Crippen LogP contribution in [0.2, 0.25) is 0 Å². The van der Waals surface area contributed by atoms with Crippen LogP contribution in [0.3, 0.4) is 0 Å². The summed E-state index contributed by atoms with van der Waals surface area (Å²) < 4.78 is 11.2. The van der Waals surface area contributed by atoms with Crippen molar-refractivity contribution in [2.45, 2.75) is 18.9 Å². The molecule has 0 aliphatic heterocycles. The third kappa shape index (κ3) is 6.68. The Morgan fingerprint density at radius 1 is 0.971 bits per heavy atom. The Labute approximate surface area is 203 Å². The van der Waals surface area contributed by atoms with E-state index in [-0.39, 0.29) is 12.0 Å². The smallest absolute Gasteiger partial charge is 0.293 e. The SMILES string of the molecule is C=CC(=O)Nc1ccc(CC(Cc2cc(-c3ccc(Oc4ccccc4)cc3)n[nH]2)OC=O)cc1. The van der Waals surface area contributed by atoms with Gasteiger partial charge in [0.2, 0.25) is 5.91 Å². The van der Waals surface area contributed by atoms with E-state index < -0.39 is 0 Å². The minimum Gasteiger partial charge on any atom is -0.464 e. The average molecular weight is 468 g/mol. The van der Waals surface area contributed by atoms with Gasteiger partial charge < -0.3 is 14.8 Å². The van der Waals surface area contributed by atoms with Gasteiger partial charge in [-0.05, 0) is 66.2 Å². The maximum absolute atomic E-state index is 11.4. The Bertz CT molecular complexity index is 1270. The molecule has 1 unspecified atom stereocenters. The van der Waals surface area contributed by atoms with Crippen molar-refractivity contribution in [3.63, 3.8) is 0 Å². The first-order valence-electron chi connectivity index (χ1n) is 11.1. The van der Waals surface area contributed by atoms with Gasteiger partial charge in [-0.25, -0.2) is 0 Å². The van der Waals surface area contributed by atoms with Crippen LogP contribution in [-0.2, 0) is 27.2 Å². The number of anilines is 1. The Morgan fingerprint density at radius 3 is 2.37 bits per heavy atom. The normalized spacial score (nSPS) is 11.3. The molecule has 2 N–H and O–H groups in total. The number of hydrogen-bond donors (Lipinski definition) is 2. The molecule has 0 saturated carbocycles. The number of nitrogens with zero attached hydrogens (tertiary/aromatic N) is 1. The number of amides is 1. The number of H-pyrrole nitrogens is 1. The summed E-state index contributed by atoms with van der Waals surface area (Å²) in [5, 5.41) is 10.2. The van der Waals surface area contributed by atoms with E-state index in [1.165, 1.54) is 6.08 Å². The third-order valence-corrected chi connectivity index (χ3v) is 5.33. The van der Waals surface area contributed by atoms with Crippen LogP contribution in [0.5, 0.6) is 11.5 Å². The van der Waals surface area contributed by atoms with E-state index in [2.05, 4.69) is 22.1 Å². The van der Waals surface area contributed by atoms with Gasteiger partial charge in [0.25, 0.3) is 6.47 Å². The van der Waals surface area contributed by atoms with E-state index in [9.17, 15) is 9.59 Å². The van der Waals surface area contributed by atoms with Gasteiger partial charge in [0.05, 0.1) is 5.69 Å². The van der Waals surface area contributed by atoms with Crippen molar-refractivity contribution in [3.05, 3.63) is 109 Å². The second kappa shape index (κ2) is 11.5. The molecule has 0 aliphatic rings. The van der Waals surface area contributed by atoms with E-state index in [0.717, 1.165) is 34.0 Å². The lowest BCUT2D eigenvalue weighted by Crippen LogP contribution is -2.19. The maximum Gasteiger partial charge on any atom is 0.293 e. The van der Waals surface area contributed by atoms with Crippen LogP contribution in [-0.4, -0.2) is 28.7 Å². The molecule has 0 fully saturated rings. The highest BCUT2D eigenvalue weighted by Crippen LogP contribution is 2.25. The number of ether oxygens (including phenoxy) is 2. The molecule has 7 heteroatoms. The highest BCUT2D eigenvalue weighted by atomic mass is 16.5. The summed E-state index contributed by atoms with van der Waals surface area (Å²) in [7, 11) is 0. The highest BCUT2D eigenvalue weighted by molar-refractivity contribution is 5.98. The number of carbonyl (C=O) groups is 2. The van der Waals surface area contributed by atoms with Gasteiger partial charge in [-0.3, -0.25) is 14.7 Å². The van der Waals surface area contributed by atoms with Gasteiger partial charge in [-0.1, -0.05) is 36.9 Å². The summed E-state index contributed by atoms with van der Waals surface area (Å²) in [6, 6.07) is 26.6. The van der Waals surface area contributed by atoms with E-state index >= 15 is 0 Å². The minimum atomic E-state index is -0.365. The second-order valence-electron chi connectivity index (χ2n) is 7.87. The summed E-state index contributed by atoms with van der Waals surface area (Å²) in [4.78, 5) is 22.5.